The van der Waals surface area contributed by atoms with Gasteiger partial charge in [0.2, 0.25) is 5.88 Å². The first-order valence-electron chi connectivity index (χ1n) is 7.31. The molecule has 2 aromatic heterocycles. The minimum Gasteiger partial charge on any atom is -0.480 e. The van der Waals surface area contributed by atoms with Crippen LogP contribution in [0.1, 0.15) is 37.3 Å². The number of rotatable bonds is 8. The largest absolute Gasteiger partial charge is 0.480 e. The summed E-state index contributed by atoms with van der Waals surface area (Å²) < 4.78 is 7.11. The lowest BCUT2D eigenvalue weighted by molar-refractivity contribution is 0.388. The maximum atomic E-state index is 5.06. The average molecular weight is 289 g/mol. The van der Waals surface area contributed by atoms with E-state index < -0.39 is 0 Å². The zero-order valence-corrected chi connectivity index (χ0v) is 12.9. The van der Waals surface area contributed by atoms with Gasteiger partial charge in [0.1, 0.15) is 5.82 Å². The van der Waals surface area contributed by atoms with E-state index in [1.807, 2.05) is 31.6 Å². The van der Waals surface area contributed by atoms with Crippen molar-refractivity contribution in [3.05, 3.63) is 36.0 Å². The van der Waals surface area contributed by atoms with E-state index in [1.165, 1.54) is 0 Å². The van der Waals surface area contributed by atoms with Gasteiger partial charge in [-0.3, -0.25) is 0 Å². The molecule has 114 valence electrons. The molecule has 0 saturated heterocycles. The van der Waals surface area contributed by atoms with Gasteiger partial charge >= 0.3 is 0 Å². The van der Waals surface area contributed by atoms with Crippen LogP contribution in [0.15, 0.2) is 24.5 Å². The number of hydrogen-bond donors (Lipinski definition) is 1. The summed E-state index contributed by atoms with van der Waals surface area (Å²) in [7, 11) is 3.61. The van der Waals surface area contributed by atoms with Gasteiger partial charge in [-0.25, -0.2) is 4.98 Å². The lowest BCUT2D eigenvalue weighted by Gasteiger charge is -2.17. The molecule has 0 spiro atoms. The molecule has 0 bridgehead atoms. The average Bonchev–Trinajstić information content (AvgIpc) is 2.93. The van der Waals surface area contributed by atoms with E-state index in [9.17, 15) is 0 Å². The smallest absolute Gasteiger partial charge is 0.233 e. The molecule has 0 radical (unpaired) electrons. The number of aromatic nitrogens is 4. The van der Waals surface area contributed by atoms with Gasteiger partial charge in [0, 0.05) is 31.9 Å². The monoisotopic (exact) mass is 289 g/mol. The molecule has 0 fully saturated rings. The Morgan fingerprint density at radius 3 is 2.76 bits per heavy atom. The van der Waals surface area contributed by atoms with Crippen molar-refractivity contribution in [3.63, 3.8) is 0 Å². The van der Waals surface area contributed by atoms with Gasteiger partial charge in [-0.2, -0.15) is 5.10 Å². The number of aryl methyl sites for hydroxylation is 2. The first-order chi connectivity index (χ1) is 10.2. The van der Waals surface area contributed by atoms with Crippen molar-refractivity contribution in [1.82, 2.24) is 25.1 Å². The fourth-order valence-electron chi connectivity index (χ4n) is 2.21. The number of nitrogens with zero attached hydrogens (tertiary/aromatic N) is 4. The van der Waals surface area contributed by atoms with Crippen LogP contribution in [-0.4, -0.2) is 33.4 Å². The van der Waals surface area contributed by atoms with E-state index in [0.717, 1.165) is 37.3 Å². The van der Waals surface area contributed by atoms with Crippen molar-refractivity contribution in [2.75, 3.05) is 13.7 Å². The lowest BCUT2D eigenvalue weighted by Crippen LogP contribution is -2.24. The standard InChI is InChI=1S/C15H23N5O/c1-4-9-16-12(5-7-14-17-10-11-20(14)2)13-6-8-15(21-3)19-18-13/h6,8,10-12,16H,4-5,7,9H2,1-3H3. The van der Waals surface area contributed by atoms with E-state index in [0.29, 0.717) is 5.88 Å². The van der Waals surface area contributed by atoms with Gasteiger partial charge in [-0.05, 0) is 25.5 Å². The zero-order valence-electron chi connectivity index (χ0n) is 12.9. The zero-order chi connectivity index (χ0) is 15.1. The molecular weight excluding hydrogens is 266 g/mol. The van der Waals surface area contributed by atoms with Crippen molar-refractivity contribution in [3.8, 4) is 5.88 Å². The topological polar surface area (TPSA) is 64.9 Å². The van der Waals surface area contributed by atoms with Crippen LogP contribution in [0, 0.1) is 0 Å². The summed E-state index contributed by atoms with van der Waals surface area (Å²) in [6, 6.07) is 4.00. The van der Waals surface area contributed by atoms with Crippen LogP contribution >= 0.6 is 0 Å². The summed E-state index contributed by atoms with van der Waals surface area (Å²) in [5.41, 5.74) is 0.943. The predicted molar refractivity (Wildman–Crippen MR) is 81.1 cm³/mol. The molecule has 1 N–H and O–H groups in total. The SMILES string of the molecule is CCCNC(CCc1nccn1C)c1ccc(OC)nn1. The third kappa shape index (κ3) is 4.26. The number of hydrogen-bond acceptors (Lipinski definition) is 5. The Morgan fingerprint density at radius 1 is 1.33 bits per heavy atom. The van der Waals surface area contributed by atoms with Crippen molar-refractivity contribution >= 4 is 0 Å². The highest BCUT2D eigenvalue weighted by molar-refractivity contribution is 5.14. The molecule has 1 unspecified atom stereocenters. The van der Waals surface area contributed by atoms with E-state index >= 15 is 0 Å². The molecule has 0 aromatic carbocycles. The Balaban J connectivity index is 2.04. The van der Waals surface area contributed by atoms with Crippen LogP contribution in [0.4, 0.5) is 0 Å². The maximum Gasteiger partial charge on any atom is 0.233 e. The van der Waals surface area contributed by atoms with Crippen LogP contribution < -0.4 is 10.1 Å². The highest BCUT2D eigenvalue weighted by Gasteiger charge is 2.14. The first kappa shape index (κ1) is 15.4. The number of imidazole rings is 1. The second-order valence-corrected chi connectivity index (χ2v) is 5.00. The molecule has 0 amide bonds. The third-order valence-electron chi connectivity index (χ3n) is 3.45. The summed E-state index contributed by atoms with van der Waals surface area (Å²) in [4.78, 5) is 4.37. The Kier molecular flexibility index (Phi) is 5.68. The molecule has 0 aliphatic heterocycles. The van der Waals surface area contributed by atoms with Crippen molar-refractivity contribution in [2.45, 2.75) is 32.2 Å². The van der Waals surface area contributed by atoms with Crippen LogP contribution in [0.25, 0.3) is 0 Å². The number of nitrogens with one attached hydrogen (secondary N) is 1. The molecular formula is C15H23N5O. The van der Waals surface area contributed by atoms with Gasteiger partial charge in [0.25, 0.3) is 0 Å². The van der Waals surface area contributed by atoms with Crippen molar-refractivity contribution < 1.29 is 4.74 Å². The summed E-state index contributed by atoms with van der Waals surface area (Å²) >= 11 is 0. The summed E-state index contributed by atoms with van der Waals surface area (Å²) in [5, 5.41) is 11.8. The summed E-state index contributed by atoms with van der Waals surface area (Å²) in [5.74, 6) is 1.62. The van der Waals surface area contributed by atoms with E-state index in [-0.39, 0.29) is 6.04 Å². The summed E-state index contributed by atoms with van der Waals surface area (Å²) in [6.07, 6.45) is 6.72. The highest BCUT2D eigenvalue weighted by Crippen LogP contribution is 2.18. The van der Waals surface area contributed by atoms with Gasteiger partial charge in [0.15, 0.2) is 0 Å². The molecule has 0 aliphatic carbocycles. The quantitative estimate of drug-likeness (QED) is 0.804. The Hall–Kier alpha value is -1.95. The molecule has 2 rings (SSSR count). The molecule has 1 atom stereocenters. The number of methoxy groups -OCH3 is 1. The normalized spacial score (nSPS) is 12.3. The molecule has 2 heterocycles. The van der Waals surface area contributed by atoms with Gasteiger partial charge in [0.05, 0.1) is 18.8 Å². The summed E-state index contributed by atoms with van der Waals surface area (Å²) in [6.45, 7) is 3.11. The van der Waals surface area contributed by atoms with Crippen molar-refractivity contribution in [2.24, 2.45) is 7.05 Å². The van der Waals surface area contributed by atoms with Gasteiger partial charge in [-0.1, -0.05) is 6.92 Å². The van der Waals surface area contributed by atoms with Crippen molar-refractivity contribution in [1.29, 1.82) is 0 Å². The molecule has 6 nitrogen and oxygen atoms in total. The van der Waals surface area contributed by atoms with Crippen LogP contribution in [-0.2, 0) is 13.5 Å². The Bertz CT molecular complexity index is 537. The van der Waals surface area contributed by atoms with E-state index in [4.69, 9.17) is 4.74 Å². The van der Waals surface area contributed by atoms with Crippen LogP contribution in [0.5, 0.6) is 5.88 Å². The predicted octanol–water partition coefficient (Wildman–Crippen LogP) is 1.89. The second kappa shape index (κ2) is 7.73. The number of ether oxygens (including phenoxy) is 1. The Labute approximate surface area is 125 Å². The molecule has 0 saturated carbocycles. The highest BCUT2D eigenvalue weighted by atomic mass is 16.5. The molecule has 0 aliphatic rings. The minimum atomic E-state index is 0.181. The van der Waals surface area contributed by atoms with Crippen LogP contribution in [0.2, 0.25) is 0 Å². The molecule has 21 heavy (non-hydrogen) atoms. The second-order valence-electron chi connectivity index (χ2n) is 5.00. The minimum absolute atomic E-state index is 0.181. The van der Waals surface area contributed by atoms with E-state index in [2.05, 4.69) is 32.0 Å². The Morgan fingerprint density at radius 2 is 2.19 bits per heavy atom. The fourth-order valence-corrected chi connectivity index (χ4v) is 2.21. The first-order valence-corrected chi connectivity index (χ1v) is 7.31. The van der Waals surface area contributed by atoms with Gasteiger partial charge in [-0.15, -0.1) is 5.10 Å². The maximum absolute atomic E-state index is 5.06. The van der Waals surface area contributed by atoms with E-state index in [1.54, 1.807) is 7.11 Å². The molecule has 6 heteroatoms. The fraction of sp³-hybridized carbons (Fsp3) is 0.533. The lowest BCUT2D eigenvalue weighted by atomic mass is 10.1. The third-order valence-corrected chi connectivity index (χ3v) is 3.45. The van der Waals surface area contributed by atoms with Crippen LogP contribution in [0.3, 0.4) is 0 Å². The van der Waals surface area contributed by atoms with Gasteiger partial charge < -0.3 is 14.6 Å². The molecule has 2 aromatic rings.